The van der Waals surface area contributed by atoms with Crippen molar-refractivity contribution in [1.29, 1.82) is 0 Å². The van der Waals surface area contributed by atoms with Crippen molar-refractivity contribution < 1.29 is 18.3 Å². The number of halogens is 1. The number of ether oxygens (including phenoxy) is 1. The highest BCUT2D eigenvalue weighted by atomic mass is 19.1. The number of aryl methyl sites for hydroxylation is 1. The summed E-state index contributed by atoms with van der Waals surface area (Å²) in [6.07, 6.45) is 1.35. The second-order valence-corrected chi connectivity index (χ2v) is 5.96. The molecular weight excluding hydrogens is 349 g/mol. The molecule has 1 aromatic heterocycles. The van der Waals surface area contributed by atoms with Crippen LogP contribution in [-0.4, -0.2) is 29.8 Å². The Morgan fingerprint density at radius 2 is 1.81 bits per heavy atom. The van der Waals surface area contributed by atoms with Crippen molar-refractivity contribution in [2.45, 2.75) is 19.3 Å². The third kappa shape index (κ3) is 5.37. The summed E-state index contributed by atoms with van der Waals surface area (Å²) in [6, 6.07) is 13.5. The van der Waals surface area contributed by atoms with Gasteiger partial charge in [-0.2, -0.15) is 0 Å². The van der Waals surface area contributed by atoms with Crippen LogP contribution in [0, 0.1) is 5.82 Å². The van der Waals surface area contributed by atoms with E-state index in [1.807, 2.05) is 24.3 Å². The van der Waals surface area contributed by atoms with Crippen molar-refractivity contribution in [2.75, 3.05) is 13.7 Å². The van der Waals surface area contributed by atoms with E-state index < -0.39 is 0 Å². The maximum Gasteiger partial charge on any atom is 0.247 e. The van der Waals surface area contributed by atoms with E-state index in [0.717, 1.165) is 17.7 Å². The summed E-state index contributed by atoms with van der Waals surface area (Å²) in [5.74, 6) is 1.08. The van der Waals surface area contributed by atoms with Crippen LogP contribution in [-0.2, 0) is 17.6 Å². The first kappa shape index (κ1) is 18.6. The number of rotatable bonds is 8. The molecule has 2 aromatic carbocycles. The van der Waals surface area contributed by atoms with Gasteiger partial charge in [0, 0.05) is 24.9 Å². The molecule has 0 unspecified atom stereocenters. The maximum atomic E-state index is 12.9. The average molecular weight is 369 g/mol. The molecule has 0 atom stereocenters. The predicted octanol–water partition coefficient (Wildman–Crippen LogP) is 3.18. The first-order valence-electron chi connectivity index (χ1n) is 8.62. The Bertz CT molecular complexity index is 876. The Hall–Kier alpha value is -3.22. The lowest BCUT2D eigenvalue weighted by Crippen LogP contribution is -2.25. The SMILES string of the molecule is COc1ccc(CCNC(=O)CCc2nnc(-c3ccc(F)cc3)o2)cc1. The van der Waals surface area contributed by atoms with Crippen molar-refractivity contribution in [1.82, 2.24) is 15.5 Å². The highest BCUT2D eigenvalue weighted by Crippen LogP contribution is 2.18. The molecule has 6 nitrogen and oxygen atoms in total. The van der Waals surface area contributed by atoms with Gasteiger partial charge in [0.2, 0.25) is 17.7 Å². The fraction of sp³-hybridized carbons (Fsp3) is 0.250. The quantitative estimate of drug-likeness (QED) is 0.660. The van der Waals surface area contributed by atoms with E-state index in [9.17, 15) is 9.18 Å². The topological polar surface area (TPSA) is 77.2 Å². The second-order valence-electron chi connectivity index (χ2n) is 5.96. The van der Waals surface area contributed by atoms with E-state index in [2.05, 4.69) is 15.5 Å². The summed E-state index contributed by atoms with van der Waals surface area (Å²) in [7, 11) is 1.63. The predicted molar refractivity (Wildman–Crippen MR) is 97.7 cm³/mol. The number of methoxy groups -OCH3 is 1. The first-order chi connectivity index (χ1) is 13.1. The van der Waals surface area contributed by atoms with Crippen LogP contribution in [0.5, 0.6) is 5.75 Å². The molecule has 0 saturated heterocycles. The number of carbonyl (C=O) groups is 1. The molecule has 0 fully saturated rings. The molecule has 0 saturated carbocycles. The minimum Gasteiger partial charge on any atom is -0.497 e. The van der Waals surface area contributed by atoms with Gasteiger partial charge in [-0.1, -0.05) is 12.1 Å². The number of hydrogen-bond acceptors (Lipinski definition) is 5. The summed E-state index contributed by atoms with van der Waals surface area (Å²) < 4.78 is 23.6. The maximum absolute atomic E-state index is 12.9. The molecule has 0 aliphatic carbocycles. The van der Waals surface area contributed by atoms with E-state index in [1.165, 1.54) is 12.1 Å². The van der Waals surface area contributed by atoms with Crippen LogP contribution in [0.3, 0.4) is 0 Å². The summed E-state index contributed by atoms with van der Waals surface area (Å²) in [5, 5.41) is 10.7. The molecule has 0 spiro atoms. The smallest absolute Gasteiger partial charge is 0.247 e. The molecule has 0 bridgehead atoms. The molecule has 0 aliphatic heterocycles. The lowest BCUT2D eigenvalue weighted by atomic mass is 10.1. The normalized spacial score (nSPS) is 10.6. The van der Waals surface area contributed by atoms with Gasteiger partial charge in [0.05, 0.1) is 7.11 Å². The van der Waals surface area contributed by atoms with Gasteiger partial charge in [-0.25, -0.2) is 4.39 Å². The highest BCUT2D eigenvalue weighted by molar-refractivity contribution is 5.76. The largest absolute Gasteiger partial charge is 0.497 e. The van der Waals surface area contributed by atoms with Crippen LogP contribution < -0.4 is 10.1 Å². The minimum atomic E-state index is -0.329. The molecular formula is C20H20FN3O3. The average Bonchev–Trinajstić information content (AvgIpc) is 3.16. The van der Waals surface area contributed by atoms with Crippen LogP contribution >= 0.6 is 0 Å². The van der Waals surface area contributed by atoms with E-state index in [-0.39, 0.29) is 18.1 Å². The fourth-order valence-electron chi connectivity index (χ4n) is 2.51. The Morgan fingerprint density at radius 3 is 2.52 bits per heavy atom. The summed E-state index contributed by atoms with van der Waals surface area (Å²) in [6.45, 7) is 0.551. The molecule has 27 heavy (non-hydrogen) atoms. The zero-order chi connectivity index (χ0) is 19.1. The Labute approximate surface area is 156 Å². The number of nitrogens with zero attached hydrogens (tertiary/aromatic N) is 2. The van der Waals surface area contributed by atoms with Gasteiger partial charge in [0.25, 0.3) is 0 Å². The van der Waals surface area contributed by atoms with Gasteiger partial charge >= 0.3 is 0 Å². The molecule has 1 amide bonds. The van der Waals surface area contributed by atoms with Crippen LogP contribution in [0.25, 0.3) is 11.5 Å². The fourth-order valence-corrected chi connectivity index (χ4v) is 2.51. The summed E-state index contributed by atoms with van der Waals surface area (Å²) in [4.78, 5) is 12.0. The molecule has 3 rings (SSSR count). The van der Waals surface area contributed by atoms with Crippen molar-refractivity contribution in [2.24, 2.45) is 0 Å². The first-order valence-corrected chi connectivity index (χ1v) is 8.62. The number of aromatic nitrogens is 2. The number of carbonyl (C=O) groups excluding carboxylic acids is 1. The number of benzene rings is 2. The lowest BCUT2D eigenvalue weighted by Gasteiger charge is -2.05. The third-order valence-corrected chi connectivity index (χ3v) is 4.02. The highest BCUT2D eigenvalue weighted by Gasteiger charge is 2.10. The summed E-state index contributed by atoms with van der Waals surface area (Å²) >= 11 is 0. The van der Waals surface area contributed by atoms with Crippen LogP contribution in [0.4, 0.5) is 4.39 Å². The van der Waals surface area contributed by atoms with Gasteiger partial charge in [-0.15, -0.1) is 10.2 Å². The molecule has 1 heterocycles. The molecule has 3 aromatic rings. The van der Waals surface area contributed by atoms with Crippen LogP contribution in [0.2, 0.25) is 0 Å². The third-order valence-electron chi connectivity index (χ3n) is 4.02. The van der Waals surface area contributed by atoms with E-state index in [4.69, 9.17) is 9.15 Å². The van der Waals surface area contributed by atoms with E-state index in [0.29, 0.717) is 30.3 Å². The van der Waals surface area contributed by atoms with Gasteiger partial charge in [-0.05, 0) is 48.4 Å². The monoisotopic (exact) mass is 369 g/mol. The van der Waals surface area contributed by atoms with Crippen molar-refractivity contribution in [3.05, 3.63) is 65.8 Å². The van der Waals surface area contributed by atoms with Crippen LogP contribution in [0.1, 0.15) is 17.9 Å². The Balaban J connectivity index is 1.42. The van der Waals surface area contributed by atoms with Gasteiger partial charge < -0.3 is 14.5 Å². The summed E-state index contributed by atoms with van der Waals surface area (Å²) in [5.41, 5.74) is 1.76. The molecule has 7 heteroatoms. The molecule has 1 N–H and O–H groups in total. The van der Waals surface area contributed by atoms with E-state index in [1.54, 1.807) is 19.2 Å². The van der Waals surface area contributed by atoms with Crippen molar-refractivity contribution in [3.8, 4) is 17.2 Å². The Morgan fingerprint density at radius 1 is 1.07 bits per heavy atom. The standard InChI is InChI=1S/C20H20FN3O3/c1-26-17-8-2-14(3-9-17)12-13-22-18(25)10-11-19-23-24-20(27-19)15-4-6-16(21)7-5-15/h2-9H,10-13H2,1H3,(H,22,25). The van der Waals surface area contributed by atoms with Crippen molar-refractivity contribution >= 4 is 5.91 Å². The molecule has 0 radical (unpaired) electrons. The number of hydrogen-bond donors (Lipinski definition) is 1. The lowest BCUT2D eigenvalue weighted by molar-refractivity contribution is -0.121. The van der Waals surface area contributed by atoms with Crippen molar-refractivity contribution in [3.63, 3.8) is 0 Å². The second kappa shape index (κ2) is 8.93. The Kier molecular flexibility index (Phi) is 6.14. The van der Waals surface area contributed by atoms with E-state index >= 15 is 0 Å². The number of amides is 1. The zero-order valence-electron chi connectivity index (χ0n) is 14.9. The van der Waals surface area contributed by atoms with Crippen LogP contribution in [0.15, 0.2) is 52.9 Å². The van der Waals surface area contributed by atoms with Gasteiger partial charge in [-0.3, -0.25) is 4.79 Å². The van der Waals surface area contributed by atoms with Gasteiger partial charge in [0.1, 0.15) is 11.6 Å². The minimum absolute atomic E-state index is 0.0787. The zero-order valence-corrected chi connectivity index (χ0v) is 14.9. The van der Waals surface area contributed by atoms with Gasteiger partial charge in [0.15, 0.2) is 0 Å². The molecule has 140 valence electrons. The number of nitrogens with one attached hydrogen (secondary N) is 1. The molecule has 0 aliphatic rings.